The third-order valence-corrected chi connectivity index (χ3v) is 3.61. The smallest absolute Gasteiger partial charge is 0.335 e. The lowest BCUT2D eigenvalue weighted by atomic mass is 10.0. The van der Waals surface area contributed by atoms with Gasteiger partial charge in [-0.25, -0.2) is 4.79 Å². The van der Waals surface area contributed by atoms with Crippen LogP contribution in [0.3, 0.4) is 0 Å². The molecular weight excluding hydrogens is 304 g/mol. The minimum absolute atomic E-state index is 0.0000429. The first-order valence-corrected chi connectivity index (χ1v) is 7.47. The third kappa shape index (κ3) is 3.62. The van der Waals surface area contributed by atoms with E-state index in [1.54, 1.807) is 12.1 Å². The lowest BCUT2D eigenvalue weighted by molar-refractivity contribution is 0.0697. The van der Waals surface area contributed by atoms with Crippen LogP contribution in [0.2, 0.25) is 0 Å². The first kappa shape index (κ1) is 15.8. The summed E-state index contributed by atoms with van der Waals surface area (Å²) in [6.07, 6.45) is 0. The topological polar surface area (TPSA) is 66.8 Å². The average Bonchev–Trinajstić information content (AvgIpc) is 2.62. The number of benzene rings is 3. The first-order valence-electron chi connectivity index (χ1n) is 7.47. The maximum atomic E-state index is 10.9. The van der Waals surface area contributed by atoms with Crippen LogP contribution in [-0.2, 0) is 6.61 Å². The zero-order valence-electron chi connectivity index (χ0n) is 12.8. The molecule has 0 aliphatic rings. The van der Waals surface area contributed by atoms with Crippen LogP contribution in [0, 0.1) is 0 Å². The summed E-state index contributed by atoms with van der Waals surface area (Å²) in [6, 6.07) is 21.5. The van der Waals surface area contributed by atoms with Crippen molar-refractivity contribution in [3.05, 3.63) is 83.9 Å². The fraction of sp³-hybridized carbons (Fsp3) is 0.0500. The van der Waals surface area contributed by atoms with E-state index in [4.69, 9.17) is 9.84 Å². The Kier molecular flexibility index (Phi) is 4.59. The Hall–Kier alpha value is -3.11. The number of hydrogen-bond acceptors (Lipinski definition) is 3. The van der Waals surface area contributed by atoms with Gasteiger partial charge in [-0.3, -0.25) is 0 Å². The number of rotatable bonds is 5. The molecule has 120 valence electrons. The molecule has 2 N–H and O–H groups in total. The van der Waals surface area contributed by atoms with E-state index in [-0.39, 0.29) is 12.2 Å². The summed E-state index contributed by atoms with van der Waals surface area (Å²) in [5.41, 5.74) is 3.04. The second kappa shape index (κ2) is 6.98. The molecule has 0 amide bonds. The predicted molar refractivity (Wildman–Crippen MR) is 91.3 cm³/mol. The Morgan fingerprint density at radius 1 is 0.833 bits per heavy atom. The fourth-order valence-electron chi connectivity index (χ4n) is 2.39. The van der Waals surface area contributed by atoms with Crippen molar-refractivity contribution in [2.75, 3.05) is 0 Å². The normalized spacial score (nSPS) is 10.4. The van der Waals surface area contributed by atoms with Gasteiger partial charge < -0.3 is 14.9 Å². The predicted octanol–water partition coefficient (Wildman–Crippen LogP) is 4.34. The van der Waals surface area contributed by atoms with Gasteiger partial charge in [0.25, 0.3) is 0 Å². The fourth-order valence-corrected chi connectivity index (χ4v) is 2.39. The Balaban J connectivity index is 1.83. The van der Waals surface area contributed by atoms with E-state index in [0.717, 1.165) is 16.7 Å². The zero-order valence-corrected chi connectivity index (χ0v) is 12.8. The number of hydrogen-bond donors (Lipinski definition) is 2. The second-order valence-electron chi connectivity index (χ2n) is 5.32. The largest absolute Gasteiger partial charge is 0.478 e. The molecule has 0 spiro atoms. The number of carboxylic acids is 1. The lowest BCUT2D eigenvalue weighted by Gasteiger charge is -2.09. The van der Waals surface area contributed by atoms with Gasteiger partial charge in [0.1, 0.15) is 11.5 Å². The van der Waals surface area contributed by atoms with Crippen molar-refractivity contribution in [3.63, 3.8) is 0 Å². The molecule has 4 heteroatoms. The Morgan fingerprint density at radius 2 is 1.50 bits per heavy atom. The number of carboxylic acid groups (broad SMARTS) is 1. The SMILES string of the molecule is O=C(O)c1ccc(Oc2cccc(-c3cccc(CO)c3)c2)cc1. The van der Waals surface area contributed by atoms with E-state index >= 15 is 0 Å². The van der Waals surface area contributed by atoms with Gasteiger partial charge >= 0.3 is 5.97 Å². The van der Waals surface area contributed by atoms with Crippen molar-refractivity contribution in [3.8, 4) is 22.6 Å². The Morgan fingerprint density at radius 3 is 2.17 bits per heavy atom. The molecule has 0 unspecified atom stereocenters. The highest BCUT2D eigenvalue weighted by Crippen LogP contribution is 2.28. The van der Waals surface area contributed by atoms with Crippen molar-refractivity contribution >= 4 is 5.97 Å². The second-order valence-corrected chi connectivity index (χ2v) is 5.32. The number of aliphatic hydroxyl groups is 1. The summed E-state index contributed by atoms with van der Waals surface area (Å²) in [7, 11) is 0. The molecule has 3 rings (SSSR count). The van der Waals surface area contributed by atoms with E-state index in [9.17, 15) is 9.90 Å². The highest BCUT2D eigenvalue weighted by Gasteiger charge is 2.05. The zero-order chi connectivity index (χ0) is 16.9. The molecule has 0 fully saturated rings. The Labute approximate surface area is 139 Å². The van der Waals surface area contributed by atoms with Crippen LogP contribution in [0.4, 0.5) is 0 Å². The van der Waals surface area contributed by atoms with Crippen molar-refractivity contribution < 1.29 is 19.7 Å². The van der Waals surface area contributed by atoms with Crippen LogP contribution in [0.15, 0.2) is 72.8 Å². The molecule has 24 heavy (non-hydrogen) atoms. The average molecular weight is 320 g/mol. The molecule has 0 saturated carbocycles. The van der Waals surface area contributed by atoms with Crippen molar-refractivity contribution in [2.24, 2.45) is 0 Å². The van der Waals surface area contributed by atoms with Crippen LogP contribution in [0.5, 0.6) is 11.5 Å². The highest BCUT2D eigenvalue weighted by molar-refractivity contribution is 5.87. The summed E-state index contributed by atoms with van der Waals surface area (Å²) in [5, 5.41) is 18.2. The standard InChI is InChI=1S/C20H16O4/c21-13-14-3-1-4-16(11-14)17-5-2-6-19(12-17)24-18-9-7-15(8-10-18)20(22)23/h1-12,21H,13H2,(H,22,23). The molecule has 0 saturated heterocycles. The Bertz CT molecular complexity index is 854. The van der Waals surface area contributed by atoms with Gasteiger partial charge in [0, 0.05) is 0 Å². The summed E-state index contributed by atoms with van der Waals surface area (Å²) in [4.78, 5) is 10.9. The number of carbonyl (C=O) groups is 1. The quantitative estimate of drug-likeness (QED) is 0.734. The van der Waals surface area contributed by atoms with Gasteiger partial charge in [-0.2, -0.15) is 0 Å². The maximum absolute atomic E-state index is 10.9. The molecule has 4 nitrogen and oxygen atoms in total. The molecule has 0 aromatic heterocycles. The minimum atomic E-state index is -0.965. The van der Waals surface area contributed by atoms with E-state index in [2.05, 4.69) is 0 Å². The van der Waals surface area contributed by atoms with E-state index in [0.29, 0.717) is 11.5 Å². The van der Waals surface area contributed by atoms with Crippen LogP contribution in [0.25, 0.3) is 11.1 Å². The van der Waals surface area contributed by atoms with Crippen LogP contribution in [-0.4, -0.2) is 16.2 Å². The summed E-state index contributed by atoms with van der Waals surface area (Å²) in [5.74, 6) is 0.263. The molecule has 0 atom stereocenters. The monoisotopic (exact) mass is 320 g/mol. The molecule has 3 aromatic rings. The van der Waals surface area contributed by atoms with Gasteiger partial charge in [-0.05, 0) is 59.2 Å². The highest BCUT2D eigenvalue weighted by atomic mass is 16.5. The van der Waals surface area contributed by atoms with E-state index in [1.165, 1.54) is 12.1 Å². The van der Waals surface area contributed by atoms with Crippen LogP contribution in [0.1, 0.15) is 15.9 Å². The number of aromatic carboxylic acids is 1. The van der Waals surface area contributed by atoms with Gasteiger partial charge in [0.15, 0.2) is 0 Å². The van der Waals surface area contributed by atoms with Crippen LogP contribution < -0.4 is 4.74 Å². The molecule has 0 radical (unpaired) electrons. The third-order valence-electron chi connectivity index (χ3n) is 3.61. The van der Waals surface area contributed by atoms with Gasteiger partial charge in [0.2, 0.25) is 0 Å². The number of aliphatic hydroxyl groups excluding tert-OH is 1. The summed E-state index contributed by atoms with van der Waals surface area (Å²) >= 11 is 0. The lowest BCUT2D eigenvalue weighted by Crippen LogP contribution is -1.95. The molecule has 0 bridgehead atoms. The first-order chi connectivity index (χ1) is 11.7. The summed E-state index contributed by atoms with van der Waals surface area (Å²) < 4.78 is 5.79. The molecule has 0 heterocycles. The van der Waals surface area contributed by atoms with Gasteiger partial charge in [0.05, 0.1) is 12.2 Å². The molecule has 0 aliphatic heterocycles. The van der Waals surface area contributed by atoms with Crippen molar-refractivity contribution in [1.29, 1.82) is 0 Å². The molecule has 3 aromatic carbocycles. The van der Waals surface area contributed by atoms with Crippen LogP contribution >= 0.6 is 0 Å². The maximum Gasteiger partial charge on any atom is 0.335 e. The van der Waals surface area contributed by atoms with Gasteiger partial charge in [-0.1, -0.05) is 30.3 Å². The van der Waals surface area contributed by atoms with E-state index in [1.807, 2.05) is 48.5 Å². The number of ether oxygens (including phenoxy) is 1. The van der Waals surface area contributed by atoms with E-state index < -0.39 is 5.97 Å². The minimum Gasteiger partial charge on any atom is -0.478 e. The summed E-state index contributed by atoms with van der Waals surface area (Å²) in [6.45, 7) is -0.0000429. The van der Waals surface area contributed by atoms with Crippen molar-refractivity contribution in [2.45, 2.75) is 6.61 Å². The van der Waals surface area contributed by atoms with Gasteiger partial charge in [-0.15, -0.1) is 0 Å². The van der Waals surface area contributed by atoms with Crippen molar-refractivity contribution in [1.82, 2.24) is 0 Å². The molecular formula is C20H16O4. The molecule has 0 aliphatic carbocycles.